The van der Waals surface area contributed by atoms with Crippen molar-refractivity contribution < 1.29 is 9.90 Å². The standard InChI is InChI=1S/C15H21NO2/c1-11(15(17)18)13-8-6-12(7-9-13)10-16-14-4-2-3-5-14/h6-9,11,14,16H,2-5,10H2,1H3,(H,17,18). The summed E-state index contributed by atoms with van der Waals surface area (Å²) in [6, 6.07) is 8.56. The summed E-state index contributed by atoms with van der Waals surface area (Å²) in [4.78, 5) is 10.9. The number of carboxylic acids is 1. The van der Waals surface area contributed by atoms with Gasteiger partial charge in [-0.25, -0.2) is 0 Å². The van der Waals surface area contributed by atoms with E-state index in [0.717, 1.165) is 12.1 Å². The van der Waals surface area contributed by atoms with Crippen LogP contribution in [0.1, 0.15) is 49.7 Å². The van der Waals surface area contributed by atoms with Crippen molar-refractivity contribution in [2.45, 2.75) is 51.1 Å². The number of hydrogen-bond acceptors (Lipinski definition) is 2. The molecule has 2 N–H and O–H groups in total. The summed E-state index contributed by atoms with van der Waals surface area (Å²) in [6.45, 7) is 2.60. The second-order valence-electron chi connectivity index (χ2n) is 5.16. The highest BCUT2D eigenvalue weighted by molar-refractivity contribution is 5.75. The minimum absolute atomic E-state index is 0.429. The molecule has 98 valence electrons. The van der Waals surface area contributed by atoms with Crippen LogP contribution in [0.2, 0.25) is 0 Å². The number of nitrogens with one attached hydrogen (secondary N) is 1. The van der Waals surface area contributed by atoms with Gasteiger partial charge in [-0.2, -0.15) is 0 Å². The summed E-state index contributed by atoms with van der Waals surface area (Å²) in [5.74, 6) is -1.20. The molecule has 1 aliphatic carbocycles. The summed E-state index contributed by atoms with van der Waals surface area (Å²) in [5, 5.41) is 12.5. The third-order valence-electron chi connectivity index (χ3n) is 3.80. The number of carbonyl (C=O) groups is 1. The zero-order chi connectivity index (χ0) is 13.0. The lowest BCUT2D eigenvalue weighted by molar-refractivity contribution is -0.138. The highest BCUT2D eigenvalue weighted by atomic mass is 16.4. The molecule has 0 aromatic heterocycles. The van der Waals surface area contributed by atoms with Crippen molar-refractivity contribution in [3.8, 4) is 0 Å². The van der Waals surface area contributed by atoms with Crippen molar-refractivity contribution >= 4 is 5.97 Å². The number of benzene rings is 1. The minimum atomic E-state index is -0.771. The van der Waals surface area contributed by atoms with Gasteiger partial charge in [-0.3, -0.25) is 4.79 Å². The molecule has 1 aromatic rings. The largest absolute Gasteiger partial charge is 0.481 e. The van der Waals surface area contributed by atoms with Gasteiger partial charge in [-0.05, 0) is 30.9 Å². The maximum atomic E-state index is 10.9. The third-order valence-corrected chi connectivity index (χ3v) is 3.80. The van der Waals surface area contributed by atoms with Gasteiger partial charge in [0.1, 0.15) is 0 Å². The molecule has 1 saturated carbocycles. The lowest BCUT2D eigenvalue weighted by Crippen LogP contribution is -2.25. The molecule has 18 heavy (non-hydrogen) atoms. The van der Waals surface area contributed by atoms with E-state index in [1.54, 1.807) is 6.92 Å². The van der Waals surface area contributed by atoms with E-state index < -0.39 is 11.9 Å². The predicted octanol–water partition coefficient (Wildman–Crippen LogP) is 2.91. The summed E-state index contributed by atoms with van der Waals surface area (Å²) in [7, 11) is 0. The maximum absolute atomic E-state index is 10.9. The molecule has 1 aromatic carbocycles. The molecule has 0 amide bonds. The van der Waals surface area contributed by atoms with Gasteiger partial charge in [0, 0.05) is 12.6 Å². The van der Waals surface area contributed by atoms with Gasteiger partial charge in [0.2, 0.25) is 0 Å². The fourth-order valence-electron chi connectivity index (χ4n) is 2.46. The van der Waals surface area contributed by atoms with Crippen LogP contribution in [-0.4, -0.2) is 17.1 Å². The molecule has 0 aliphatic heterocycles. The van der Waals surface area contributed by atoms with Crippen LogP contribution in [0.25, 0.3) is 0 Å². The molecule has 1 aliphatic rings. The highest BCUT2D eigenvalue weighted by Gasteiger charge is 2.15. The highest BCUT2D eigenvalue weighted by Crippen LogP contribution is 2.19. The summed E-state index contributed by atoms with van der Waals surface area (Å²) >= 11 is 0. The number of rotatable bonds is 5. The zero-order valence-corrected chi connectivity index (χ0v) is 10.9. The van der Waals surface area contributed by atoms with Gasteiger partial charge in [-0.15, -0.1) is 0 Å². The van der Waals surface area contributed by atoms with Gasteiger partial charge in [0.05, 0.1) is 5.92 Å². The van der Waals surface area contributed by atoms with Gasteiger partial charge in [0.15, 0.2) is 0 Å². The van der Waals surface area contributed by atoms with Crippen LogP contribution in [-0.2, 0) is 11.3 Å². The molecule has 0 bridgehead atoms. The Kier molecular flexibility index (Phi) is 4.37. The first-order chi connectivity index (χ1) is 8.66. The van der Waals surface area contributed by atoms with Crippen LogP contribution >= 0.6 is 0 Å². The van der Waals surface area contributed by atoms with Crippen LogP contribution in [0.3, 0.4) is 0 Å². The Labute approximate surface area is 108 Å². The van der Waals surface area contributed by atoms with Crippen LogP contribution in [0, 0.1) is 0 Å². The molecule has 0 radical (unpaired) electrons. The van der Waals surface area contributed by atoms with E-state index in [1.807, 2.05) is 24.3 Å². The number of hydrogen-bond donors (Lipinski definition) is 2. The Balaban J connectivity index is 1.88. The quantitative estimate of drug-likeness (QED) is 0.841. The fraction of sp³-hybridized carbons (Fsp3) is 0.533. The average molecular weight is 247 g/mol. The zero-order valence-electron chi connectivity index (χ0n) is 10.9. The van der Waals surface area contributed by atoms with Crippen molar-refractivity contribution in [3.63, 3.8) is 0 Å². The van der Waals surface area contributed by atoms with Gasteiger partial charge in [-0.1, -0.05) is 37.1 Å². The minimum Gasteiger partial charge on any atom is -0.481 e. The normalized spacial score (nSPS) is 17.8. The maximum Gasteiger partial charge on any atom is 0.310 e. The molecular formula is C15H21NO2. The molecule has 2 rings (SSSR count). The van der Waals surface area contributed by atoms with Gasteiger partial charge in [0.25, 0.3) is 0 Å². The molecule has 1 unspecified atom stereocenters. The number of carboxylic acid groups (broad SMARTS) is 1. The van der Waals surface area contributed by atoms with Crippen LogP contribution in [0.15, 0.2) is 24.3 Å². The van der Waals surface area contributed by atoms with Crippen molar-refractivity contribution in [3.05, 3.63) is 35.4 Å². The fourth-order valence-corrected chi connectivity index (χ4v) is 2.46. The van der Waals surface area contributed by atoms with E-state index in [1.165, 1.54) is 31.2 Å². The first kappa shape index (κ1) is 13.1. The first-order valence-electron chi connectivity index (χ1n) is 6.72. The Hall–Kier alpha value is -1.35. The third kappa shape index (κ3) is 3.33. The molecule has 0 saturated heterocycles. The van der Waals surface area contributed by atoms with E-state index >= 15 is 0 Å². The van der Waals surface area contributed by atoms with Crippen LogP contribution in [0.5, 0.6) is 0 Å². The Morgan fingerprint density at radius 3 is 2.50 bits per heavy atom. The Morgan fingerprint density at radius 2 is 1.94 bits per heavy atom. The summed E-state index contributed by atoms with van der Waals surface area (Å²) in [5.41, 5.74) is 2.09. The van der Waals surface area contributed by atoms with E-state index in [4.69, 9.17) is 5.11 Å². The molecule has 3 heteroatoms. The van der Waals surface area contributed by atoms with E-state index in [9.17, 15) is 4.79 Å². The molecule has 0 heterocycles. The van der Waals surface area contributed by atoms with Crippen LogP contribution < -0.4 is 5.32 Å². The van der Waals surface area contributed by atoms with Crippen molar-refractivity contribution in [2.75, 3.05) is 0 Å². The molecule has 0 spiro atoms. The predicted molar refractivity (Wildman–Crippen MR) is 71.6 cm³/mol. The van der Waals surface area contributed by atoms with Crippen molar-refractivity contribution in [1.29, 1.82) is 0 Å². The monoisotopic (exact) mass is 247 g/mol. The molecule has 1 atom stereocenters. The average Bonchev–Trinajstić information content (AvgIpc) is 2.89. The Morgan fingerprint density at radius 1 is 1.33 bits per heavy atom. The van der Waals surface area contributed by atoms with Crippen molar-refractivity contribution in [1.82, 2.24) is 5.32 Å². The van der Waals surface area contributed by atoms with Gasteiger partial charge < -0.3 is 10.4 Å². The summed E-state index contributed by atoms with van der Waals surface area (Å²) in [6.07, 6.45) is 5.25. The molecule has 1 fully saturated rings. The van der Waals surface area contributed by atoms with E-state index in [0.29, 0.717) is 6.04 Å². The summed E-state index contributed by atoms with van der Waals surface area (Å²) < 4.78 is 0. The molecular weight excluding hydrogens is 226 g/mol. The lowest BCUT2D eigenvalue weighted by Gasteiger charge is -2.12. The SMILES string of the molecule is CC(C(=O)O)c1ccc(CNC2CCCC2)cc1. The van der Waals surface area contributed by atoms with Crippen molar-refractivity contribution in [2.24, 2.45) is 0 Å². The second-order valence-corrected chi connectivity index (χ2v) is 5.16. The van der Waals surface area contributed by atoms with E-state index in [-0.39, 0.29) is 0 Å². The van der Waals surface area contributed by atoms with E-state index in [2.05, 4.69) is 5.32 Å². The smallest absolute Gasteiger partial charge is 0.310 e. The van der Waals surface area contributed by atoms with Gasteiger partial charge >= 0.3 is 5.97 Å². The Bertz CT molecular complexity index is 393. The topological polar surface area (TPSA) is 49.3 Å². The molecule has 3 nitrogen and oxygen atoms in total. The number of aliphatic carboxylic acids is 1. The second kappa shape index (κ2) is 6.01. The lowest BCUT2D eigenvalue weighted by atomic mass is 10.00. The van der Waals surface area contributed by atoms with Crippen LogP contribution in [0.4, 0.5) is 0 Å². The first-order valence-corrected chi connectivity index (χ1v) is 6.72.